The Hall–Kier alpha value is -4.33. The SMILES string of the molecule is O=C(N[C@H](Cc1ccc(O)cc1)C(=O)N[C@H](Cc1ccccc1)C(=O)O)OCc1ccccc1. The smallest absolute Gasteiger partial charge is 0.408 e. The van der Waals surface area contributed by atoms with Crippen molar-refractivity contribution in [3.63, 3.8) is 0 Å². The van der Waals surface area contributed by atoms with Gasteiger partial charge in [-0.2, -0.15) is 0 Å². The number of phenolic OH excluding ortho intramolecular Hbond substituents is 1. The number of rotatable bonds is 10. The van der Waals surface area contributed by atoms with Crippen LogP contribution < -0.4 is 10.6 Å². The second kappa shape index (κ2) is 12.1. The molecule has 0 spiro atoms. The fourth-order valence-corrected chi connectivity index (χ4v) is 3.31. The summed E-state index contributed by atoms with van der Waals surface area (Å²) < 4.78 is 5.23. The molecule has 3 aromatic carbocycles. The second-order valence-electron chi connectivity index (χ2n) is 7.72. The molecule has 2 atom stereocenters. The van der Waals surface area contributed by atoms with Crippen LogP contribution in [-0.2, 0) is 33.8 Å². The van der Waals surface area contributed by atoms with Crippen molar-refractivity contribution < 1.29 is 29.3 Å². The number of ether oxygens (including phenoxy) is 1. The maximum absolute atomic E-state index is 13.0. The predicted molar refractivity (Wildman–Crippen MR) is 125 cm³/mol. The highest BCUT2D eigenvalue weighted by Crippen LogP contribution is 2.12. The van der Waals surface area contributed by atoms with Crippen LogP contribution in [0.5, 0.6) is 5.75 Å². The van der Waals surface area contributed by atoms with Gasteiger partial charge in [0.2, 0.25) is 5.91 Å². The zero-order chi connectivity index (χ0) is 24.3. The van der Waals surface area contributed by atoms with Crippen LogP contribution in [-0.4, -0.2) is 40.3 Å². The van der Waals surface area contributed by atoms with Crippen molar-refractivity contribution >= 4 is 18.0 Å². The lowest BCUT2D eigenvalue weighted by Gasteiger charge is -2.21. The molecule has 0 aliphatic carbocycles. The van der Waals surface area contributed by atoms with E-state index in [0.717, 1.165) is 11.1 Å². The van der Waals surface area contributed by atoms with Gasteiger partial charge in [0.1, 0.15) is 24.4 Å². The van der Waals surface area contributed by atoms with Gasteiger partial charge in [0.05, 0.1) is 0 Å². The topological polar surface area (TPSA) is 125 Å². The highest BCUT2D eigenvalue weighted by Gasteiger charge is 2.27. The van der Waals surface area contributed by atoms with Crippen molar-refractivity contribution in [2.24, 2.45) is 0 Å². The van der Waals surface area contributed by atoms with Gasteiger partial charge in [-0.15, -0.1) is 0 Å². The molecule has 4 N–H and O–H groups in total. The molecule has 34 heavy (non-hydrogen) atoms. The molecule has 0 unspecified atom stereocenters. The van der Waals surface area contributed by atoms with Crippen LogP contribution in [0.2, 0.25) is 0 Å². The summed E-state index contributed by atoms with van der Waals surface area (Å²) in [5.74, 6) is -1.78. The highest BCUT2D eigenvalue weighted by atomic mass is 16.5. The van der Waals surface area contributed by atoms with Crippen molar-refractivity contribution in [1.29, 1.82) is 0 Å². The van der Waals surface area contributed by atoms with E-state index in [9.17, 15) is 24.6 Å². The van der Waals surface area contributed by atoms with Gasteiger partial charge >= 0.3 is 12.1 Å². The number of aromatic hydroxyl groups is 1. The molecule has 176 valence electrons. The Morgan fingerprint density at radius 2 is 1.24 bits per heavy atom. The average molecular weight is 463 g/mol. The van der Waals surface area contributed by atoms with E-state index in [-0.39, 0.29) is 25.2 Å². The lowest BCUT2D eigenvalue weighted by Crippen LogP contribution is -2.53. The molecule has 8 nitrogen and oxygen atoms in total. The zero-order valence-corrected chi connectivity index (χ0v) is 18.4. The first-order valence-corrected chi connectivity index (χ1v) is 10.7. The number of nitrogens with one attached hydrogen (secondary N) is 2. The van der Waals surface area contributed by atoms with Gasteiger partial charge < -0.3 is 25.6 Å². The molecule has 0 heterocycles. The maximum Gasteiger partial charge on any atom is 0.408 e. The number of carboxylic acids is 1. The van der Waals surface area contributed by atoms with Crippen LogP contribution >= 0.6 is 0 Å². The summed E-state index contributed by atoms with van der Waals surface area (Å²) in [6, 6.07) is 21.9. The van der Waals surface area contributed by atoms with Gasteiger partial charge in [0.25, 0.3) is 0 Å². The monoisotopic (exact) mass is 462 g/mol. The summed E-state index contributed by atoms with van der Waals surface area (Å²) in [4.78, 5) is 37.2. The van der Waals surface area contributed by atoms with Crippen LogP contribution in [0.25, 0.3) is 0 Å². The van der Waals surface area contributed by atoms with E-state index in [0.29, 0.717) is 5.56 Å². The molecule has 2 amide bonds. The summed E-state index contributed by atoms with van der Waals surface area (Å²) in [6.45, 7) is 0.0198. The first kappa shape index (κ1) is 24.3. The third-order valence-corrected chi connectivity index (χ3v) is 5.09. The zero-order valence-electron chi connectivity index (χ0n) is 18.4. The quantitative estimate of drug-likeness (QED) is 0.367. The molecular formula is C26H26N2O6. The maximum atomic E-state index is 13.0. The van der Waals surface area contributed by atoms with E-state index in [1.54, 1.807) is 48.5 Å². The average Bonchev–Trinajstić information content (AvgIpc) is 2.84. The molecule has 0 fully saturated rings. The Morgan fingerprint density at radius 3 is 1.82 bits per heavy atom. The van der Waals surface area contributed by atoms with Gasteiger partial charge in [-0.3, -0.25) is 4.79 Å². The molecule has 0 radical (unpaired) electrons. The van der Waals surface area contributed by atoms with Crippen molar-refractivity contribution in [2.75, 3.05) is 0 Å². The standard InChI is InChI=1S/C26H26N2O6/c29-21-13-11-19(12-14-21)15-22(28-26(33)34-17-20-9-5-2-6-10-20)24(30)27-23(25(31)32)16-18-7-3-1-4-8-18/h1-14,22-23,29H,15-17H2,(H,27,30)(H,28,33)(H,31,32)/t22-,23-/m1/s1. The minimum atomic E-state index is -1.19. The van der Waals surface area contributed by atoms with Gasteiger partial charge in [0.15, 0.2) is 0 Å². The van der Waals surface area contributed by atoms with E-state index >= 15 is 0 Å². The van der Waals surface area contributed by atoms with E-state index in [1.807, 2.05) is 24.3 Å². The Kier molecular flexibility index (Phi) is 8.62. The number of benzene rings is 3. The molecule has 8 heteroatoms. The minimum Gasteiger partial charge on any atom is -0.508 e. The number of carbonyl (C=O) groups excluding carboxylic acids is 2. The van der Waals surface area contributed by atoms with Gasteiger partial charge in [0, 0.05) is 12.8 Å². The molecule has 3 rings (SSSR count). The van der Waals surface area contributed by atoms with Crippen LogP contribution in [0.1, 0.15) is 16.7 Å². The molecule has 0 saturated carbocycles. The summed E-state index contributed by atoms with van der Waals surface area (Å²) >= 11 is 0. The Labute approximate surface area is 197 Å². The van der Waals surface area contributed by atoms with Gasteiger partial charge in [-0.1, -0.05) is 72.8 Å². The number of carbonyl (C=O) groups is 3. The highest BCUT2D eigenvalue weighted by molar-refractivity contribution is 5.89. The van der Waals surface area contributed by atoms with Crippen LogP contribution in [0.4, 0.5) is 4.79 Å². The van der Waals surface area contributed by atoms with Gasteiger partial charge in [-0.25, -0.2) is 9.59 Å². The summed E-state index contributed by atoms with van der Waals surface area (Å²) in [5.41, 5.74) is 2.20. The van der Waals surface area contributed by atoms with Crippen molar-refractivity contribution in [3.05, 3.63) is 102 Å². The van der Waals surface area contributed by atoms with E-state index < -0.39 is 30.1 Å². The summed E-state index contributed by atoms with van der Waals surface area (Å²) in [5, 5.41) is 24.2. The first-order chi connectivity index (χ1) is 16.4. The Balaban J connectivity index is 1.70. The molecule has 0 saturated heterocycles. The summed E-state index contributed by atoms with van der Waals surface area (Å²) in [6.07, 6.45) is -0.644. The van der Waals surface area contributed by atoms with Crippen molar-refractivity contribution in [3.8, 4) is 5.75 Å². The second-order valence-corrected chi connectivity index (χ2v) is 7.72. The van der Waals surface area contributed by atoms with Crippen LogP contribution in [0.15, 0.2) is 84.9 Å². The third kappa shape index (κ3) is 7.67. The Morgan fingerprint density at radius 1 is 0.706 bits per heavy atom. The predicted octanol–water partition coefficient (Wildman–Crippen LogP) is 3.04. The van der Waals surface area contributed by atoms with Crippen LogP contribution in [0.3, 0.4) is 0 Å². The molecule has 0 aliphatic heterocycles. The first-order valence-electron chi connectivity index (χ1n) is 10.7. The number of hydrogen-bond acceptors (Lipinski definition) is 5. The number of amides is 2. The van der Waals surface area contributed by atoms with Gasteiger partial charge in [-0.05, 0) is 28.8 Å². The van der Waals surface area contributed by atoms with E-state index in [2.05, 4.69) is 10.6 Å². The number of phenols is 1. The third-order valence-electron chi connectivity index (χ3n) is 5.09. The minimum absolute atomic E-state index is 0.0198. The van der Waals surface area contributed by atoms with Crippen molar-refractivity contribution in [1.82, 2.24) is 10.6 Å². The Bertz CT molecular complexity index is 1090. The lowest BCUT2D eigenvalue weighted by atomic mass is 10.0. The molecule has 3 aromatic rings. The number of alkyl carbamates (subject to hydrolysis) is 1. The number of carboxylic acid groups (broad SMARTS) is 1. The molecule has 0 bridgehead atoms. The number of hydrogen-bond donors (Lipinski definition) is 4. The fraction of sp³-hybridized carbons (Fsp3) is 0.192. The summed E-state index contributed by atoms with van der Waals surface area (Å²) in [7, 11) is 0. The lowest BCUT2D eigenvalue weighted by molar-refractivity contribution is -0.142. The molecule has 0 aromatic heterocycles. The largest absolute Gasteiger partial charge is 0.508 e. The number of aliphatic carboxylic acids is 1. The normalized spacial score (nSPS) is 12.2. The van der Waals surface area contributed by atoms with Crippen LogP contribution in [0, 0.1) is 0 Å². The van der Waals surface area contributed by atoms with E-state index in [4.69, 9.17) is 4.74 Å². The fourth-order valence-electron chi connectivity index (χ4n) is 3.31. The molecular weight excluding hydrogens is 436 g/mol. The van der Waals surface area contributed by atoms with E-state index in [1.165, 1.54) is 12.1 Å². The molecule has 0 aliphatic rings. The van der Waals surface area contributed by atoms with Crippen molar-refractivity contribution in [2.45, 2.75) is 31.5 Å².